The van der Waals surface area contributed by atoms with Gasteiger partial charge in [-0.25, -0.2) is 9.78 Å². The molecule has 0 aliphatic rings. The second kappa shape index (κ2) is 12.4. The van der Waals surface area contributed by atoms with Gasteiger partial charge in [0, 0.05) is 36.3 Å². The van der Waals surface area contributed by atoms with Gasteiger partial charge in [0.15, 0.2) is 0 Å². The van der Waals surface area contributed by atoms with Gasteiger partial charge in [-0.15, -0.1) is 11.3 Å². The highest BCUT2D eigenvalue weighted by atomic mass is 35.5. The van der Waals surface area contributed by atoms with Crippen molar-refractivity contribution < 1.29 is 14.3 Å². The summed E-state index contributed by atoms with van der Waals surface area (Å²) in [6, 6.07) is 6.67. The van der Waals surface area contributed by atoms with E-state index in [1.807, 2.05) is 0 Å². The molecule has 0 aliphatic heterocycles. The van der Waals surface area contributed by atoms with Gasteiger partial charge in [-0.1, -0.05) is 37.4 Å². The molecule has 0 aliphatic carbocycles. The molecule has 3 amide bonds. The molecule has 0 spiro atoms. The zero-order chi connectivity index (χ0) is 21.1. The molecule has 0 bridgehead atoms. The van der Waals surface area contributed by atoms with Crippen molar-refractivity contribution in [3.05, 3.63) is 45.4 Å². The number of hydrogen-bond acceptors (Lipinski definition) is 5. The third kappa shape index (κ3) is 8.00. The summed E-state index contributed by atoms with van der Waals surface area (Å²) in [6.07, 6.45) is 3.14. The van der Waals surface area contributed by atoms with Crippen molar-refractivity contribution >= 4 is 40.6 Å². The van der Waals surface area contributed by atoms with Crippen LogP contribution in [0.25, 0.3) is 0 Å². The molecule has 2 rings (SSSR count). The number of anilines is 1. The molecule has 0 unspecified atom stereocenters. The first-order chi connectivity index (χ1) is 14.0. The van der Waals surface area contributed by atoms with Crippen LogP contribution in [0.4, 0.5) is 10.5 Å². The van der Waals surface area contributed by atoms with Gasteiger partial charge in [-0.3, -0.25) is 4.79 Å². The Hall–Kier alpha value is -2.16. The van der Waals surface area contributed by atoms with Crippen LogP contribution in [0.2, 0.25) is 5.02 Å². The smallest absolute Gasteiger partial charge is 0.322 e. The van der Waals surface area contributed by atoms with E-state index in [9.17, 15) is 9.59 Å². The van der Waals surface area contributed by atoms with Crippen molar-refractivity contribution in [3.63, 3.8) is 0 Å². The van der Waals surface area contributed by atoms with E-state index in [-0.39, 0.29) is 18.5 Å². The molecule has 29 heavy (non-hydrogen) atoms. The Bertz CT molecular complexity index is 800. The van der Waals surface area contributed by atoms with Gasteiger partial charge >= 0.3 is 6.03 Å². The van der Waals surface area contributed by atoms with E-state index in [4.69, 9.17) is 16.3 Å². The number of urea groups is 1. The molecule has 9 heteroatoms. The van der Waals surface area contributed by atoms with E-state index in [0.717, 1.165) is 19.3 Å². The highest BCUT2D eigenvalue weighted by Gasteiger charge is 2.17. The van der Waals surface area contributed by atoms with Gasteiger partial charge in [0.05, 0.1) is 13.2 Å². The van der Waals surface area contributed by atoms with Crippen molar-refractivity contribution in [2.45, 2.75) is 32.7 Å². The third-order valence-corrected chi connectivity index (χ3v) is 5.17. The average molecular weight is 439 g/mol. The fourth-order valence-electron chi connectivity index (χ4n) is 2.54. The maximum absolute atomic E-state index is 12.7. The number of nitrogens with one attached hydrogen (secondary N) is 2. The number of benzene rings is 1. The summed E-state index contributed by atoms with van der Waals surface area (Å²) in [6.45, 7) is 3.82. The Balaban J connectivity index is 1.97. The Kier molecular flexibility index (Phi) is 9.90. The Morgan fingerprint density at radius 1 is 1.31 bits per heavy atom. The number of ether oxygens (including phenoxy) is 1. The van der Waals surface area contributed by atoms with Crippen LogP contribution in [0.1, 0.15) is 41.7 Å². The number of aromatic nitrogens is 1. The Morgan fingerprint density at radius 2 is 2.14 bits per heavy atom. The maximum atomic E-state index is 12.7. The van der Waals surface area contributed by atoms with Gasteiger partial charge in [0.2, 0.25) is 0 Å². The lowest BCUT2D eigenvalue weighted by molar-refractivity contribution is 0.0948. The summed E-state index contributed by atoms with van der Waals surface area (Å²) in [5.41, 5.74) is 0.986. The van der Waals surface area contributed by atoms with Crippen LogP contribution in [-0.4, -0.2) is 48.6 Å². The summed E-state index contributed by atoms with van der Waals surface area (Å²) >= 11 is 7.33. The molecular formula is C20H27ClN4O3S. The number of rotatable bonds is 11. The van der Waals surface area contributed by atoms with Crippen molar-refractivity contribution in [2.24, 2.45) is 0 Å². The van der Waals surface area contributed by atoms with Crippen molar-refractivity contribution in [2.75, 3.05) is 32.1 Å². The summed E-state index contributed by atoms with van der Waals surface area (Å²) in [4.78, 5) is 30.9. The number of hydrogen-bond donors (Lipinski definition) is 2. The molecule has 0 saturated carbocycles. The lowest BCUT2D eigenvalue weighted by atomic mass is 10.2. The number of carbonyl (C=O) groups excluding carboxylic acids is 2. The molecule has 1 aromatic carbocycles. The van der Waals surface area contributed by atoms with Crippen LogP contribution >= 0.6 is 22.9 Å². The number of thiazole rings is 1. The molecule has 7 nitrogen and oxygen atoms in total. The van der Waals surface area contributed by atoms with Crippen molar-refractivity contribution in [3.8, 4) is 0 Å². The zero-order valence-electron chi connectivity index (χ0n) is 16.7. The first kappa shape index (κ1) is 23.1. The second-order valence-corrected chi connectivity index (χ2v) is 7.82. The minimum absolute atomic E-state index is 0.185. The van der Waals surface area contributed by atoms with Crippen molar-refractivity contribution in [1.29, 1.82) is 0 Å². The summed E-state index contributed by atoms with van der Waals surface area (Å²) in [5.74, 6) is -0.185. The van der Waals surface area contributed by atoms with Gasteiger partial charge < -0.3 is 20.3 Å². The fraction of sp³-hybridized carbons (Fsp3) is 0.450. The minimum atomic E-state index is -0.287. The monoisotopic (exact) mass is 438 g/mol. The SMILES string of the molecule is CCCCCNC(=O)c1csc(CN(CCOC)C(=O)Nc2cccc(Cl)c2)n1. The average Bonchev–Trinajstić information content (AvgIpc) is 3.17. The molecule has 2 N–H and O–H groups in total. The molecule has 1 heterocycles. The number of halogens is 1. The zero-order valence-corrected chi connectivity index (χ0v) is 18.3. The predicted octanol–water partition coefficient (Wildman–Crippen LogP) is 4.40. The quantitative estimate of drug-likeness (QED) is 0.509. The topological polar surface area (TPSA) is 83.6 Å². The van der Waals surface area contributed by atoms with E-state index < -0.39 is 0 Å². The largest absolute Gasteiger partial charge is 0.383 e. The van der Waals surface area contributed by atoms with E-state index in [1.165, 1.54) is 11.3 Å². The molecule has 0 fully saturated rings. The molecule has 2 aromatic rings. The predicted molar refractivity (Wildman–Crippen MR) is 117 cm³/mol. The van der Waals surface area contributed by atoms with Crippen LogP contribution in [0, 0.1) is 0 Å². The van der Waals surface area contributed by atoms with Crippen LogP contribution in [0.5, 0.6) is 0 Å². The van der Waals surface area contributed by atoms with E-state index in [2.05, 4.69) is 22.5 Å². The molecule has 1 aromatic heterocycles. The number of methoxy groups -OCH3 is 1. The molecule has 158 valence electrons. The van der Waals surface area contributed by atoms with E-state index >= 15 is 0 Å². The summed E-state index contributed by atoms with van der Waals surface area (Å²) in [7, 11) is 1.58. The summed E-state index contributed by atoms with van der Waals surface area (Å²) < 4.78 is 5.11. The third-order valence-electron chi connectivity index (χ3n) is 4.10. The lowest BCUT2D eigenvalue weighted by Gasteiger charge is -2.21. The molecule has 0 saturated heterocycles. The second-order valence-electron chi connectivity index (χ2n) is 6.44. The van der Waals surface area contributed by atoms with Crippen LogP contribution < -0.4 is 10.6 Å². The first-order valence-corrected chi connectivity index (χ1v) is 10.8. The highest BCUT2D eigenvalue weighted by Crippen LogP contribution is 2.17. The van der Waals surface area contributed by atoms with Gasteiger partial charge in [0.1, 0.15) is 10.7 Å². The molecular weight excluding hydrogens is 412 g/mol. The number of amides is 3. The number of unbranched alkanes of at least 4 members (excludes halogenated alkanes) is 2. The normalized spacial score (nSPS) is 10.6. The minimum Gasteiger partial charge on any atom is -0.383 e. The maximum Gasteiger partial charge on any atom is 0.322 e. The summed E-state index contributed by atoms with van der Waals surface area (Å²) in [5, 5.41) is 8.64. The van der Waals surface area contributed by atoms with Crippen LogP contribution in [-0.2, 0) is 11.3 Å². The standard InChI is InChI=1S/C20H27ClN4O3S/c1-3-4-5-9-22-19(26)17-14-29-18(24-17)13-25(10-11-28-2)20(27)23-16-8-6-7-15(21)12-16/h6-8,12,14H,3-5,9-11,13H2,1-2H3,(H,22,26)(H,23,27). The van der Waals surface area contributed by atoms with Gasteiger partial charge in [-0.2, -0.15) is 0 Å². The molecule has 0 atom stereocenters. The fourth-order valence-corrected chi connectivity index (χ4v) is 3.52. The lowest BCUT2D eigenvalue weighted by Crippen LogP contribution is -2.36. The van der Waals surface area contributed by atoms with E-state index in [1.54, 1.807) is 41.7 Å². The van der Waals surface area contributed by atoms with Crippen LogP contribution in [0.3, 0.4) is 0 Å². The van der Waals surface area contributed by atoms with Gasteiger partial charge in [0.25, 0.3) is 5.91 Å². The number of carbonyl (C=O) groups is 2. The Labute approximate surface area is 180 Å². The van der Waals surface area contributed by atoms with Crippen LogP contribution in [0.15, 0.2) is 29.6 Å². The Morgan fingerprint density at radius 3 is 2.86 bits per heavy atom. The van der Waals surface area contributed by atoms with E-state index in [0.29, 0.717) is 41.1 Å². The highest BCUT2D eigenvalue weighted by molar-refractivity contribution is 7.09. The first-order valence-electron chi connectivity index (χ1n) is 9.56. The van der Waals surface area contributed by atoms with Gasteiger partial charge in [-0.05, 0) is 24.6 Å². The number of nitrogens with zero attached hydrogens (tertiary/aromatic N) is 2. The van der Waals surface area contributed by atoms with Crippen molar-refractivity contribution in [1.82, 2.24) is 15.2 Å². The molecule has 0 radical (unpaired) electrons.